The highest BCUT2D eigenvalue weighted by Gasteiger charge is 1.97. The van der Waals surface area contributed by atoms with Crippen LogP contribution in [0.1, 0.15) is 52.4 Å². The Labute approximate surface area is 141 Å². The van der Waals surface area contributed by atoms with Gasteiger partial charge in [-0.05, 0) is 38.3 Å². The van der Waals surface area contributed by atoms with Crippen LogP contribution < -0.4 is 16.0 Å². The summed E-state index contributed by atoms with van der Waals surface area (Å²) in [5.41, 5.74) is 0. The molecule has 0 unspecified atom stereocenters. The normalized spacial score (nSPS) is 11.3. The lowest BCUT2D eigenvalue weighted by Gasteiger charge is -2.11. The van der Waals surface area contributed by atoms with Crippen LogP contribution in [0, 0.1) is 0 Å². The fourth-order valence-electron chi connectivity index (χ4n) is 2.21. The number of nitrogens with one attached hydrogen (secondary N) is 3. The topological polar surface area (TPSA) is 61.3 Å². The molecule has 0 aliphatic heterocycles. The molecule has 23 heavy (non-hydrogen) atoms. The summed E-state index contributed by atoms with van der Waals surface area (Å²) < 4.78 is 0. The lowest BCUT2D eigenvalue weighted by molar-refractivity contribution is 0.667. The highest BCUT2D eigenvalue weighted by atomic mass is 15.2. The van der Waals surface area contributed by atoms with Gasteiger partial charge in [-0.3, -0.25) is 4.99 Å². The van der Waals surface area contributed by atoms with Crippen LogP contribution in [0.2, 0.25) is 0 Å². The molecule has 0 aromatic carbocycles. The van der Waals surface area contributed by atoms with Gasteiger partial charge in [-0.15, -0.1) is 0 Å². The maximum atomic E-state index is 4.62. The number of hydrogen-bond donors (Lipinski definition) is 3. The summed E-state index contributed by atoms with van der Waals surface area (Å²) in [5.74, 6) is 1.89. The highest BCUT2D eigenvalue weighted by molar-refractivity contribution is 5.79. The monoisotopic (exact) mass is 319 g/mol. The molecule has 0 bridgehead atoms. The number of unbranched alkanes of at least 4 members (excludes halogenated alkanes) is 4. The van der Waals surface area contributed by atoms with Crippen molar-refractivity contribution in [1.29, 1.82) is 0 Å². The summed E-state index contributed by atoms with van der Waals surface area (Å²) in [5, 5.41) is 10.0. The number of guanidine groups is 1. The largest absolute Gasteiger partial charge is 0.370 e. The summed E-state index contributed by atoms with van der Waals surface area (Å²) >= 11 is 0. The van der Waals surface area contributed by atoms with E-state index in [-0.39, 0.29) is 0 Å². The molecule has 3 N–H and O–H groups in total. The molecule has 1 aromatic rings. The van der Waals surface area contributed by atoms with E-state index < -0.39 is 0 Å². The zero-order chi connectivity index (χ0) is 16.6. The zero-order valence-electron chi connectivity index (χ0n) is 14.8. The van der Waals surface area contributed by atoms with Crippen molar-refractivity contribution in [3.63, 3.8) is 0 Å². The lowest BCUT2D eigenvalue weighted by atomic mass is 10.2. The molecule has 0 amide bonds. The van der Waals surface area contributed by atoms with Gasteiger partial charge in [-0.25, -0.2) is 4.98 Å². The molecule has 5 nitrogen and oxygen atoms in total. The summed E-state index contributed by atoms with van der Waals surface area (Å²) in [6.45, 7) is 8.05. The van der Waals surface area contributed by atoms with Gasteiger partial charge in [0.05, 0.1) is 0 Å². The van der Waals surface area contributed by atoms with Crippen molar-refractivity contribution in [1.82, 2.24) is 15.6 Å². The van der Waals surface area contributed by atoms with Gasteiger partial charge in [-0.2, -0.15) is 0 Å². The molecule has 0 radical (unpaired) electrons. The third kappa shape index (κ3) is 10.6. The van der Waals surface area contributed by atoms with Crippen LogP contribution >= 0.6 is 0 Å². The Bertz CT molecular complexity index is 405. The first kappa shape index (κ1) is 19.3. The van der Waals surface area contributed by atoms with Crippen LogP contribution in [0.4, 0.5) is 5.82 Å². The number of pyridine rings is 1. The summed E-state index contributed by atoms with van der Waals surface area (Å²) in [6, 6.07) is 5.92. The fraction of sp³-hybridized carbons (Fsp3) is 0.667. The van der Waals surface area contributed by atoms with Gasteiger partial charge in [0.1, 0.15) is 5.82 Å². The number of nitrogens with zero attached hydrogens (tertiary/aromatic N) is 2. The van der Waals surface area contributed by atoms with Crippen LogP contribution in [0.5, 0.6) is 0 Å². The lowest BCUT2D eigenvalue weighted by Crippen LogP contribution is -2.38. The van der Waals surface area contributed by atoms with Crippen molar-refractivity contribution in [2.24, 2.45) is 4.99 Å². The molecule has 0 saturated carbocycles. The molecule has 0 aliphatic rings. The summed E-state index contributed by atoms with van der Waals surface area (Å²) in [7, 11) is 0. The Hall–Kier alpha value is -1.78. The van der Waals surface area contributed by atoms with Gasteiger partial charge < -0.3 is 16.0 Å². The van der Waals surface area contributed by atoms with Crippen LogP contribution in [0.15, 0.2) is 29.4 Å². The fourth-order valence-corrected chi connectivity index (χ4v) is 2.21. The molecule has 5 heteroatoms. The maximum Gasteiger partial charge on any atom is 0.191 e. The van der Waals surface area contributed by atoms with Gasteiger partial charge in [0, 0.05) is 32.4 Å². The van der Waals surface area contributed by atoms with Crippen molar-refractivity contribution in [3.05, 3.63) is 24.4 Å². The van der Waals surface area contributed by atoms with Crippen LogP contribution in [0.25, 0.3) is 0 Å². The number of rotatable bonds is 12. The van der Waals surface area contributed by atoms with Gasteiger partial charge >= 0.3 is 0 Å². The molecule has 0 spiro atoms. The Morgan fingerprint density at radius 3 is 2.61 bits per heavy atom. The van der Waals surface area contributed by atoms with E-state index in [1.54, 1.807) is 0 Å². The predicted molar refractivity (Wildman–Crippen MR) is 100 cm³/mol. The van der Waals surface area contributed by atoms with Crippen LogP contribution in [-0.4, -0.2) is 37.1 Å². The van der Waals surface area contributed by atoms with Gasteiger partial charge in [0.2, 0.25) is 0 Å². The van der Waals surface area contributed by atoms with Crippen molar-refractivity contribution >= 4 is 11.8 Å². The second-order valence-corrected chi connectivity index (χ2v) is 5.60. The Morgan fingerprint density at radius 1 is 1.00 bits per heavy atom. The van der Waals surface area contributed by atoms with Crippen LogP contribution in [0.3, 0.4) is 0 Å². The van der Waals surface area contributed by atoms with Crippen molar-refractivity contribution in [2.75, 3.05) is 31.5 Å². The van der Waals surface area contributed by atoms with Crippen molar-refractivity contribution in [2.45, 2.75) is 52.4 Å². The zero-order valence-corrected chi connectivity index (χ0v) is 14.8. The molecule has 130 valence electrons. The van der Waals surface area contributed by atoms with E-state index in [4.69, 9.17) is 0 Å². The van der Waals surface area contributed by atoms with E-state index in [0.29, 0.717) is 0 Å². The minimum atomic E-state index is 0.905. The molecule has 1 rings (SSSR count). The summed E-state index contributed by atoms with van der Waals surface area (Å²) in [4.78, 5) is 8.87. The van der Waals surface area contributed by atoms with E-state index in [1.165, 1.54) is 25.7 Å². The summed E-state index contributed by atoms with van der Waals surface area (Å²) in [6.07, 6.45) is 9.07. The van der Waals surface area contributed by atoms with E-state index in [1.807, 2.05) is 24.4 Å². The predicted octanol–water partition coefficient (Wildman–Crippen LogP) is 3.41. The van der Waals surface area contributed by atoms with Gasteiger partial charge in [-0.1, -0.05) is 32.3 Å². The first-order chi connectivity index (χ1) is 11.4. The average molecular weight is 319 g/mol. The molecule has 0 fully saturated rings. The Balaban J connectivity index is 2.08. The molecule has 1 heterocycles. The van der Waals surface area contributed by atoms with Gasteiger partial charge in [0.25, 0.3) is 0 Å². The third-order valence-corrected chi connectivity index (χ3v) is 3.49. The van der Waals surface area contributed by atoms with Crippen LogP contribution in [-0.2, 0) is 0 Å². The molecular weight excluding hydrogens is 286 g/mol. The van der Waals surface area contributed by atoms with Gasteiger partial charge in [0.15, 0.2) is 5.96 Å². The van der Waals surface area contributed by atoms with Crippen molar-refractivity contribution < 1.29 is 0 Å². The SMILES string of the molecule is CCCCCCN=C(NCC)NCCCCNc1ccccn1. The smallest absolute Gasteiger partial charge is 0.191 e. The number of aromatic nitrogens is 1. The molecule has 0 aliphatic carbocycles. The number of aliphatic imine (C=N–C) groups is 1. The Kier molecular flexibility index (Phi) is 11.6. The van der Waals surface area contributed by atoms with E-state index in [0.717, 1.165) is 50.8 Å². The highest BCUT2D eigenvalue weighted by Crippen LogP contribution is 2.00. The minimum absolute atomic E-state index is 0.905. The number of anilines is 1. The second-order valence-electron chi connectivity index (χ2n) is 5.60. The van der Waals surface area contributed by atoms with Crippen molar-refractivity contribution in [3.8, 4) is 0 Å². The Morgan fingerprint density at radius 2 is 1.87 bits per heavy atom. The first-order valence-electron chi connectivity index (χ1n) is 9.04. The minimum Gasteiger partial charge on any atom is -0.370 e. The number of hydrogen-bond acceptors (Lipinski definition) is 3. The molecule has 0 saturated heterocycles. The molecular formula is C18H33N5. The quantitative estimate of drug-likeness (QED) is 0.314. The van der Waals surface area contributed by atoms with E-state index in [2.05, 4.69) is 39.8 Å². The third-order valence-electron chi connectivity index (χ3n) is 3.49. The standard InChI is InChI=1S/C18H33N5/c1-3-5-6-8-15-22-18(19-4-2)23-16-11-10-14-21-17-12-7-9-13-20-17/h7,9,12-13H,3-6,8,10-11,14-16H2,1-2H3,(H,20,21)(H2,19,22,23). The molecule has 1 aromatic heterocycles. The molecule has 0 atom stereocenters. The maximum absolute atomic E-state index is 4.62. The van der Waals surface area contributed by atoms with E-state index >= 15 is 0 Å². The van der Waals surface area contributed by atoms with E-state index in [9.17, 15) is 0 Å². The average Bonchev–Trinajstić information content (AvgIpc) is 2.58. The second kappa shape index (κ2) is 13.9. The first-order valence-corrected chi connectivity index (χ1v) is 9.04.